The van der Waals surface area contributed by atoms with E-state index < -0.39 is 11.5 Å². The van der Waals surface area contributed by atoms with Crippen LogP contribution < -0.4 is 0 Å². The van der Waals surface area contributed by atoms with Gasteiger partial charge in [-0.3, -0.25) is 0 Å². The zero-order valence-electron chi connectivity index (χ0n) is 4.33. The Hall–Kier alpha value is 3.78. The van der Waals surface area contributed by atoms with Crippen LogP contribution >= 0.6 is 38.1 Å². The van der Waals surface area contributed by atoms with Crippen LogP contribution in [0.4, 0.5) is 0 Å². The average Bonchev–Trinajstić information content (AvgIpc) is 1.36. The summed E-state index contributed by atoms with van der Waals surface area (Å²) in [5.41, 5.74) is 0. The van der Waals surface area contributed by atoms with E-state index in [1.807, 2.05) is 0 Å². The van der Waals surface area contributed by atoms with Crippen molar-refractivity contribution in [3.63, 3.8) is 0 Å². The standard InChI is InChI=1S/4ClH.2Na.H2O.Pd/h4*1H;;;1H2;/q;;;;;;;+4/p-4. The predicted molar refractivity (Wildman–Crippen MR) is 38.5 cm³/mol. The van der Waals surface area contributed by atoms with Crippen LogP contribution in [0.15, 0.2) is 0 Å². The minimum absolute atomic E-state index is 0. The second-order valence-corrected chi connectivity index (χ2v) is 14.4. The van der Waals surface area contributed by atoms with Gasteiger partial charge in [-0.1, -0.05) is 0 Å². The maximum atomic E-state index is 4.98. The summed E-state index contributed by atoms with van der Waals surface area (Å²) in [6, 6.07) is 0. The molecule has 0 atom stereocenters. The van der Waals surface area contributed by atoms with Crippen molar-refractivity contribution in [2.24, 2.45) is 0 Å². The molecule has 0 amide bonds. The Morgan fingerprint density at radius 3 is 0.875 bits per heavy atom. The molecule has 0 aliphatic carbocycles. The van der Waals surface area contributed by atoms with Gasteiger partial charge in [-0.15, -0.1) is 0 Å². The first-order valence-corrected chi connectivity index (χ1v) is 17.5. The van der Waals surface area contributed by atoms with E-state index in [4.69, 9.17) is 38.1 Å². The van der Waals surface area contributed by atoms with Crippen LogP contribution in [0.3, 0.4) is 0 Å². The third-order valence-electron chi connectivity index (χ3n) is 0. The van der Waals surface area contributed by atoms with Crippen molar-refractivity contribution < 1.29 is 16.9 Å². The molecule has 1 nitrogen and oxygen atoms in total. The fourth-order valence-corrected chi connectivity index (χ4v) is 0. The van der Waals surface area contributed by atoms with E-state index in [0.29, 0.717) is 0 Å². The van der Waals surface area contributed by atoms with Crippen LogP contribution in [-0.2, 0) is 11.5 Å². The minimum atomic E-state index is -2.81. The Morgan fingerprint density at radius 2 is 0.875 bits per heavy atom. The van der Waals surface area contributed by atoms with Gasteiger partial charge in [-0.2, -0.15) is 0 Å². The van der Waals surface area contributed by atoms with Gasteiger partial charge in [0.15, 0.2) is 0 Å². The van der Waals surface area contributed by atoms with Gasteiger partial charge in [0, 0.05) is 0 Å². The first-order chi connectivity index (χ1) is 3.00. The Bertz CT molecular complexity index is 29.5. The first kappa shape index (κ1) is 17.8. The Balaban J connectivity index is -0.0000000750. The molecule has 0 radical (unpaired) electrons. The van der Waals surface area contributed by atoms with E-state index in [0.717, 1.165) is 0 Å². The second kappa shape index (κ2) is 10.8. The molecule has 0 fully saturated rings. The van der Waals surface area contributed by atoms with Gasteiger partial charge in [0.25, 0.3) is 0 Å². The SMILES string of the molecule is O.[Cl][Pd]([Cl])([Cl])[Cl].[Na][Na]. The van der Waals surface area contributed by atoms with E-state index in [-0.39, 0.29) is 5.48 Å². The fraction of sp³-hybridized carbons (Fsp3) is 0. The Kier molecular flexibility index (Phi) is 23.9. The summed E-state index contributed by atoms with van der Waals surface area (Å²) >= 11 is 0.0778. The van der Waals surface area contributed by atoms with Crippen molar-refractivity contribution in [2.45, 2.75) is 0 Å². The van der Waals surface area contributed by atoms with Gasteiger partial charge in [0.05, 0.1) is 0 Å². The monoisotopic (exact) mass is 310 g/mol. The molecule has 0 bridgehead atoms. The summed E-state index contributed by atoms with van der Waals surface area (Å²) in [6.45, 7) is 0. The van der Waals surface area contributed by atoms with Crippen molar-refractivity contribution in [3.8, 4) is 0 Å². The molecule has 0 saturated carbocycles. The van der Waals surface area contributed by atoms with Crippen LogP contribution in [-0.4, -0.2) is 49.1 Å². The quantitative estimate of drug-likeness (QED) is 0.602. The molecule has 0 aromatic carbocycles. The summed E-state index contributed by atoms with van der Waals surface area (Å²) < 4.78 is 0. The molecular weight excluding hydrogens is 310 g/mol. The Morgan fingerprint density at radius 1 is 0.875 bits per heavy atom. The van der Waals surface area contributed by atoms with E-state index in [1.54, 1.807) is 0 Å². The molecular formula is H2Cl4Na2OPd. The van der Waals surface area contributed by atoms with Crippen LogP contribution in [0.2, 0.25) is 0 Å². The van der Waals surface area contributed by atoms with Crippen molar-refractivity contribution in [3.05, 3.63) is 0 Å². The summed E-state index contributed by atoms with van der Waals surface area (Å²) in [5.74, 6) is 0. The molecule has 0 unspecified atom stereocenters. The van der Waals surface area contributed by atoms with Gasteiger partial charge >= 0.3 is 93.2 Å². The van der Waals surface area contributed by atoms with E-state index in [9.17, 15) is 0 Å². The molecule has 8 heavy (non-hydrogen) atoms. The molecule has 2 N–H and O–H groups in total. The Labute approximate surface area is 96.1 Å². The summed E-state index contributed by atoms with van der Waals surface area (Å²) in [7, 11) is 19.9. The number of hydrogen-bond acceptors (Lipinski definition) is 0. The summed E-state index contributed by atoms with van der Waals surface area (Å²) in [4.78, 5) is 0. The molecule has 0 aliphatic rings. The van der Waals surface area contributed by atoms with Crippen molar-refractivity contribution in [1.29, 1.82) is 0 Å². The summed E-state index contributed by atoms with van der Waals surface area (Å²) in [5, 5.41) is 0. The van der Waals surface area contributed by atoms with Gasteiger partial charge in [-0.05, 0) is 0 Å². The van der Waals surface area contributed by atoms with Crippen molar-refractivity contribution in [1.82, 2.24) is 0 Å². The van der Waals surface area contributed by atoms with E-state index in [2.05, 4.69) is 0 Å². The first-order valence-electron chi connectivity index (χ1n) is 1.48. The van der Waals surface area contributed by atoms with Crippen molar-refractivity contribution in [2.75, 3.05) is 0 Å². The molecule has 0 aliphatic heterocycles. The van der Waals surface area contributed by atoms with Gasteiger partial charge < -0.3 is 5.48 Å². The molecule has 0 aromatic rings. The third-order valence-corrected chi connectivity index (χ3v) is 0. The molecule has 0 heterocycles. The van der Waals surface area contributed by atoms with Crippen LogP contribution in [0.1, 0.15) is 0 Å². The van der Waals surface area contributed by atoms with E-state index >= 15 is 0 Å². The molecule has 8 heteroatoms. The maximum absolute atomic E-state index is 4.98. The average molecular weight is 312 g/mol. The van der Waals surface area contributed by atoms with Gasteiger partial charge in [-0.25, -0.2) is 0 Å². The zero-order valence-corrected chi connectivity index (χ0v) is 12.9. The normalized spacial score (nSPS) is 10.5. The molecule has 0 saturated heterocycles. The number of halogens is 4. The van der Waals surface area contributed by atoms with Crippen LogP contribution in [0.25, 0.3) is 0 Å². The molecule has 48 valence electrons. The fourth-order valence-electron chi connectivity index (χ4n) is 0. The molecule has 0 aromatic heterocycles. The number of hydrogen-bond donors (Lipinski definition) is 0. The topological polar surface area (TPSA) is 31.5 Å². The second-order valence-electron chi connectivity index (χ2n) is 0.271. The van der Waals surface area contributed by atoms with Crippen molar-refractivity contribution >= 4 is 81.7 Å². The van der Waals surface area contributed by atoms with Crippen LogP contribution in [0, 0.1) is 0 Å². The molecule has 0 spiro atoms. The predicted octanol–water partition coefficient (Wildman–Crippen LogP) is 1.17. The van der Waals surface area contributed by atoms with Gasteiger partial charge in [0.1, 0.15) is 0 Å². The summed E-state index contributed by atoms with van der Waals surface area (Å²) in [6.07, 6.45) is 0. The molecule has 0 rings (SSSR count). The third kappa shape index (κ3) is 52.7. The van der Waals surface area contributed by atoms with E-state index in [1.165, 1.54) is 43.6 Å². The zero-order chi connectivity index (χ0) is 6.50. The number of rotatable bonds is 0. The van der Waals surface area contributed by atoms with Crippen LogP contribution in [0.5, 0.6) is 0 Å². The van der Waals surface area contributed by atoms with Gasteiger partial charge in [0.2, 0.25) is 0 Å².